The Hall–Kier alpha value is -3.00. The van der Waals surface area contributed by atoms with Crippen LogP contribution in [-0.4, -0.2) is 9.97 Å². The van der Waals surface area contributed by atoms with E-state index >= 15 is 0 Å². The van der Waals surface area contributed by atoms with Gasteiger partial charge in [0.1, 0.15) is 0 Å². The first-order valence-corrected chi connectivity index (χ1v) is 7.27. The van der Waals surface area contributed by atoms with Crippen LogP contribution in [0.1, 0.15) is 0 Å². The average molecular weight is 282 g/mol. The maximum absolute atomic E-state index is 4.48. The molecule has 4 rings (SSSR count). The fourth-order valence-corrected chi connectivity index (χ4v) is 2.62. The molecule has 0 atom stereocenters. The van der Waals surface area contributed by atoms with Crippen molar-refractivity contribution in [1.82, 2.24) is 9.97 Å². The van der Waals surface area contributed by atoms with Gasteiger partial charge in [-0.3, -0.25) is 9.97 Å². The molecule has 0 N–H and O–H groups in total. The summed E-state index contributed by atoms with van der Waals surface area (Å²) in [5.41, 5.74) is 5.44. The Kier molecular flexibility index (Phi) is 3.13. The Bertz CT molecular complexity index is 930. The molecule has 0 unspecified atom stereocenters. The van der Waals surface area contributed by atoms with Crippen molar-refractivity contribution in [3.05, 3.63) is 85.2 Å². The first-order valence-electron chi connectivity index (χ1n) is 7.27. The van der Waals surface area contributed by atoms with Crippen LogP contribution in [0.15, 0.2) is 85.2 Å². The Labute approximate surface area is 129 Å². The van der Waals surface area contributed by atoms with Gasteiger partial charge in [-0.15, -0.1) is 0 Å². The van der Waals surface area contributed by atoms with Gasteiger partial charge in [-0.25, -0.2) is 0 Å². The number of nitrogens with zero attached hydrogens (tertiary/aromatic N) is 2. The zero-order chi connectivity index (χ0) is 14.8. The fourth-order valence-electron chi connectivity index (χ4n) is 2.62. The van der Waals surface area contributed by atoms with E-state index in [1.807, 2.05) is 42.7 Å². The van der Waals surface area contributed by atoms with Crippen molar-refractivity contribution in [3.8, 4) is 22.4 Å². The Morgan fingerprint density at radius 3 is 2.32 bits per heavy atom. The molecule has 2 aromatic heterocycles. The third-order valence-corrected chi connectivity index (χ3v) is 3.77. The summed E-state index contributed by atoms with van der Waals surface area (Å²) in [6.45, 7) is 0. The lowest BCUT2D eigenvalue weighted by Crippen LogP contribution is -1.86. The van der Waals surface area contributed by atoms with Gasteiger partial charge in [0.05, 0.1) is 11.2 Å². The van der Waals surface area contributed by atoms with Crippen LogP contribution < -0.4 is 0 Å². The largest absolute Gasteiger partial charge is 0.256 e. The zero-order valence-electron chi connectivity index (χ0n) is 12.0. The second-order valence-corrected chi connectivity index (χ2v) is 5.21. The van der Waals surface area contributed by atoms with Crippen molar-refractivity contribution in [1.29, 1.82) is 0 Å². The standard InChI is InChI=1S/C20H14N2/c1-2-5-15(6-3-1)19-14-18(10-12-22-19)17-9-8-16-7-4-11-21-20(16)13-17/h1-14H. The third kappa shape index (κ3) is 2.35. The van der Waals surface area contributed by atoms with E-state index < -0.39 is 0 Å². The third-order valence-electron chi connectivity index (χ3n) is 3.77. The van der Waals surface area contributed by atoms with E-state index in [0.717, 1.165) is 33.3 Å². The summed E-state index contributed by atoms with van der Waals surface area (Å²) in [5.74, 6) is 0. The number of pyridine rings is 2. The quantitative estimate of drug-likeness (QED) is 0.519. The van der Waals surface area contributed by atoms with Crippen LogP contribution in [0.3, 0.4) is 0 Å². The van der Waals surface area contributed by atoms with Crippen LogP contribution in [0.25, 0.3) is 33.3 Å². The molecule has 104 valence electrons. The van der Waals surface area contributed by atoms with Gasteiger partial charge < -0.3 is 0 Å². The van der Waals surface area contributed by atoms with Crippen LogP contribution in [0.4, 0.5) is 0 Å². The number of fused-ring (bicyclic) bond motifs is 1. The maximum atomic E-state index is 4.48. The van der Waals surface area contributed by atoms with Crippen molar-refractivity contribution in [3.63, 3.8) is 0 Å². The van der Waals surface area contributed by atoms with E-state index in [9.17, 15) is 0 Å². The van der Waals surface area contributed by atoms with Gasteiger partial charge in [-0.05, 0) is 35.4 Å². The fraction of sp³-hybridized carbons (Fsp3) is 0. The molecule has 0 saturated heterocycles. The van der Waals surface area contributed by atoms with Crippen molar-refractivity contribution >= 4 is 10.9 Å². The summed E-state index contributed by atoms with van der Waals surface area (Å²) in [6, 6.07) is 24.8. The highest BCUT2D eigenvalue weighted by Gasteiger charge is 2.04. The highest BCUT2D eigenvalue weighted by atomic mass is 14.7. The number of aromatic nitrogens is 2. The molecule has 0 amide bonds. The van der Waals surface area contributed by atoms with Gasteiger partial charge in [-0.2, -0.15) is 0 Å². The minimum absolute atomic E-state index is 0.985. The number of hydrogen-bond donors (Lipinski definition) is 0. The highest BCUT2D eigenvalue weighted by Crippen LogP contribution is 2.26. The van der Waals surface area contributed by atoms with Gasteiger partial charge in [0, 0.05) is 23.3 Å². The molecule has 4 aromatic rings. The molecule has 0 fully saturated rings. The van der Waals surface area contributed by atoms with E-state index in [1.165, 1.54) is 0 Å². The van der Waals surface area contributed by atoms with Gasteiger partial charge in [-0.1, -0.05) is 48.5 Å². The van der Waals surface area contributed by atoms with Crippen molar-refractivity contribution < 1.29 is 0 Å². The molecule has 0 aliphatic carbocycles. The Morgan fingerprint density at radius 2 is 1.41 bits per heavy atom. The predicted molar refractivity (Wildman–Crippen MR) is 90.4 cm³/mol. The van der Waals surface area contributed by atoms with Crippen LogP contribution in [-0.2, 0) is 0 Å². The Balaban J connectivity index is 1.81. The normalized spacial score (nSPS) is 10.7. The van der Waals surface area contributed by atoms with Crippen molar-refractivity contribution in [2.75, 3.05) is 0 Å². The molecule has 2 heteroatoms. The lowest BCUT2D eigenvalue weighted by molar-refractivity contribution is 1.32. The summed E-state index contributed by atoms with van der Waals surface area (Å²) in [5, 5.41) is 1.16. The molecule has 0 spiro atoms. The number of hydrogen-bond acceptors (Lipinski definition) is 2. The van der Waals surface area contributed by atoms with Gasteiger partial charge >= 0.3 is 0 Å². The molecule has 2 heterocycles. The molecule has 22 heavy (non-hydrogen) atoms. The van der Waals surface area contributed by atoms with Gasteiger partial charge in [0.2, 0.25) is 0 Å². The van der Waals surface area contributed by atoms with Crippen LogP contribution in [0, 0.1) is 0 Å². The summed E-state index contributed by atoms with van der Waals surface area (Å²) >= 11 is 0. The van der Waals surface area contributed by atoms with E-state index in [4.69, 9.17) is 0 Å². The van der Waals surface area contributed by atoms with Gasteiger partial charge in [0.25, 0.3) is 0 Å². The van der Waals surface area contributed by atoms with Gasteiger partial charge in [0.15, 0.2) is 0 Å². The predicted octanol–water partition coefficient (Wildman–Crippen LogP) is 4.96. The first kappa shape index (κ1) is 12.7. The van der Waals surface area contributed by atoms with E-state index in [-0.39, 0.29) is 0 Å². The maximum Gasteiger partial charge on any atom is 0.0708 e. The molecule has 0 radical (unpaired) electrons. The minimum atomic E-state index is 0.985. The smallest absolute Gasteiger partial charge is 0.0708 e. The topological polar surface area (TPSA) is 25.8 Å². The second-order valence-electron chi connectivity index (χ2n) is 5.21. The van der Waals surface area contributed by atoms with Crippen LogP contribution >= 0.6 is 0 Å². The molecular weight excluding hydrogens is 268 g/mol. The molecule has 0 aliphatic heterocycles. The minimum Gasteiger partial charge on any atom is -0.256 e. The summed E-state index contributed by atoms with van der Waals surface area (Å²) in [4.78, 5) is 8.91. The lowest BCUT2D eigenvalue weighted by atomic mass is 10.0. The molecule has 2 aromatic carbocycles. The number of benzene rings is 2. The molecular formula is C20H14N2. The van der Waals surface area contributed by atoms with Crippen molar-refractivity contribution in [2.45, 2.75) is 0 Å². The summed E-state index contributed by atoms with van der Waals surface area (Å²) < 4.78 is 0. The average Bonchev–Trinajstić information content (AvgIpc) is 2.62. The van der Waals surface area contributed by atoms with Crippen LogP contribution in [0.5, 0.6) is 0 Å². The van der Waals surface area contributed by atoms with E-state index in [0.29, 0.717) is 0 Å². The molecule has 2 nitrogen and oxygen atoms in total. The number of rotatable bonds is 2. The monoisotopic (exact) mass is 282 g/mol. The molecule has 0 saturated carbocycles. The van der Waals surface area contributed by atoms with E-state index in [1.54, 1.807) is 0 Å². The van der Waals surface area contributed by atoms with E-state index in [2.05, 4.69) is 52.4 Å². The van der Waals surface area contributed by atoms with Crippen LogP contribution in [0.2, 0.25) is 0 Å². The zero-order valence-corrected chi connectivity index (χ0v) is 12.0. The SMILES string of the molecule is c1ccc(-c2cc(-c3ccc4cccnc4c3)ccn2)cc1. The summed E-state index contributed by atoms with van der Waals surface area (Å²) in [6.07, 6.45) is 3.69. The van der Waals surface area contributed by atoms with Crippen molar-refractivity contribution in [2.24, 2.45) is 0 Å². The molecule has 0 bridgehead atoms. The first-order chi connectivity index (χ1) is 10.9. The summed E-state index contributed by atoms with van der Waals surface area (Å²) in [7, 11) is 0. The lowest BCUT2D eigenvalue weighted by Gasteiger charge is -2.06. The Morgan fingerprint density at radius 1 is 0.545 bits per heavy atom. The second kappa shape index (κ2) is 5.41. The highest BCUT2D eigenvalue weighted by molar-refractivity contribution is 5.84. The molecule has 0 aliphatic rings.